The summed E-state index contributed by atoms with van der Waals surface area (Å²) in [6.07, 6.45) is -2.58. The smallest absolute Gasteiger partial charge is 0.410 e. The standard InChI is InChI=1S/C40H45N3O5/c1-40(2,3)48-39(44)43-26-35(43)37(46-28-32-20-12-6-13-21-32)38(47-29-33-22-14-7-15-23-33)36(45-27-31-18-10-5-11-19-31)34(24-41)42-25-30-16-8-4-9-17-30/h4-23,34-38,42H,25-29H2,1-3H3/t34-,35+,36+,37-,38-,43?/m1/s1. The normalized spacial score (nSPS) is 16.7. The third-order valence-corrected chi connectivity index (χ3v) is 8.00. The Labute approximate surface area is 284 Å². The summed E-state index contributed by atoms with van der Waals surface area (Å²) < 4.78 is 25.9. The summed E-state index contributed by atoms with van der Waals surface area (Å²) in [4.78, 5) is 14.9. The van der Waals surface area contributed by atoms with Crippen LogP contribution < -0.4 is 5.32 Å². The fourth-order valence-electron chi connectivity index (χ4n) is 5.51. The molecule has 4 aromatic rings. The molecule has 48 heavy (non-hydrogen) atoms. The number of nitrogens with one attached hydrogen (secondary N) is 1. The van der Waals surface area contributed by atoms with E-state index in [2.05, 4.69) is 11.4 Å². The van der Waals surface area contributed by atoms with Crippen LogP contribution in [-0.2, 0) is 45.3 Å². The minimum atomic E-state index is -0.774. The molecule has 1 amide bonds. The fraction of sp³-hybridized carbons (Fsp3) is 0.350. The van der Waals surface area contributed by atoms with Crippen LogP contribution in [0.2, 0.25) is 0 Å². The summed E-state index contributed by atoms with van der Waals surface area (Å²) in [5.74, 6) is 0. The van der Waals surface area contributed by atoms with E-state index in [-0.39, 0.29) is 25.9 Å². The van der Waals surface area contributed by atoms with Crippen LogP contribution >= 0.6 is 0 Å². The zero-order valence-electron chi connectivity index (χ0n) is 27.9. The van der Waals surface area contributed by atoms with Crippen molar-refractivity contribution in [1.29, 1.82) is 5.26 Å². The summed E-state index contributed by atoms with van der Waals surface area (Å²) in [6, 6.07) is 40.9. The molecule has 1 heterocycles. The largest absolute Gasteiger partial charge is 0.444 e. The topological polar surface area (TPSA) is 92.8 Å². The number of nitriles is 1. The molecule has 5 rings (SSSR count). The van der Waals surface area contributed by atoms with Gasteiger partial charge in [0, 0.05) is 13.1 Å². The van der Waals surface area contributed by atoms with Gasteiger partial charge in [-0.05, 0) is 43.0 Å². The van der Waals surface area contributed by atoms with Crippen LogP contribution in [0.15, 0.2) is 121 Å². The van der Waals surface area contributed by atoms with Crippen LogP contribution in [-0.4, -0.2) is 53.5 Å². The van der Waals surface area contributed by atoms with Gasteiger partial charge in [-0.15, -0.1) is 0 Å². The Hall–Kier alpha value is -4.52. The minimum Gasteiger partial charge on any atom is -0.444 e. The van der Waals surface area contributed by atoms with Gasteiger partial charge in [0.05, 0.1) is 31.9 Å². The van der Waals surface area contributed by atoms with Gasteiger partial charge in [0.1, 0.15) is 30.0 Å². The highest BCUT2D eigenvalue weighted by Gasteiger charge is 2.52. The molecule has 0 spiro atoms. The Morgan fingerprint density at radius 1 is 0.729 bits per heavy atom. The van der Waals surface area contributed by atoms with Crippen LogP contribution in [0.3, 0.4) is 0 Å². The molecular weight excluding hydrogens is 602 g/mol. The van der Waals surface area contributed by atoms with Gasteiger partial charge < -0.3 is 18.9 Å². The van der Waals surface area contributed by atoms with Crippen LogP contribution in [0, 0.1) is 11.3 Å². The maximum absolute atomic E-state index is 13.3. The molecule has 1 N–H and O–H groups in total. The van der Waals surface area contributed by atoms with Gasteiger partial charge in [-0.3, -0.25) is 10.2 Å². The van der Waals surface area contributed by atoms with Crippen molar-refractivity contribution in [3.63, 3.8) is 0 Å². The lowest BCUT2D eigenvalue weighted by molar-refractivity contribution is -0.158. The molecular formula is C40H45N3O5. The number of carbonyl (C=O) groups is 1. The van der Waals surface area contributed by atoms with Crippen LogP contribution in [0.25, 0.3) is 0 Å². The molecule has 0 aliphatic carbocycles. The summed E-state index contributed by atoms with van der Waals surface area (Å²) in [5.41, 5.74) is 3.30. The zero-order valence-corrected chi connectivity index (χ0v) is 27.9. The summed E-state index contributed by atoms with van der Waals surface area (Å²) in [7, 11) is 0. The Bertz CT molecular complexity index is 1580. The molecule has 0 unspecified atom stereocenters. The highest BCUT2D eigenvalue weighted by Crippen LogP contribution is 2.33. The highest BCUT2D eigenvalue weighted by atomic mass is 16.6. The van der Waals surface area contributed by atoms with E-state index in [1.54, 1.807) is 4.90 Å². The maximum atomic E-state index is 13.3. The lowest BCUT2D eigenvalue weighted by atomic mass is 9.98. The molecule has 0 aromatic heterocycles. The number of hydrogen-bond acceptors (Lipinski definition) is 7. The van der Waals surface area contributed by atoms with E-state index in [1.807, 2.05) is 142 Å². The van der Waals surface area contributed by atoms with Gasteiger partial charge in [-0.25, -0.2) is 4.79 Å². The predicted octanol–water partition coefficient (Wildman–Crippen LogP) is 7.04. The molecule has 250 valence electrons. The second-order valence-electron chi connectivity index (χ2n) is 13.0. The summed E-state index contributed by atoms with van der Waals surface area (Å²) in [6.45, 7) is 7.24. The van der Waals surface area contributed by atoms with Crippen molar-refractivity contribution in [2.45, 2.75) is 83.1 Å². The van der Waals surface area contributed by atoms with Gasteiger partial charge in [0.2, 0.25) is 0 Å². The average molecular weight is 648 g/mol. The van der Waals surface area contributed by atoms with E-state index in [4.69, 9.17) is 18.9 Å². The van der Waals surface area contributed by atoms with Crippen molar-refractivity contribution in [2.24, 2.45) is 0 Å². The van der Waals surface area contributed by atoms with E-state index >= 15 is 0 Å². The SMILES string of the molecule is CC(C)(C)OC(=O)N1C[C@H]1[C@@H](OCc1ccccc1)[C@H](OCc1ccccc1)[C@@H](OCc1ccccc1)[C@@H](C#N)NCc1ccccc1. The third-order valence-electron chi connectivity index (χ3n) is 8.00. The van der Waals surface area contributed by atoms with Gasteiger partial charge in [0.15, 0.2) is 0 Å². The molecule has 8 nitrogen and oxygen atoms in total. The summed E-state index contributed by atoms with van der Waals surface area (Å²) in [5, 5.41) is 14.1. The maximum Gasteiger partial charge on any atom is 0.410 e. The highest BCUT2D eigenvalue weighted by molar-refractivity contribution is 5.71. The number of benzene rings is 4. The number of amides is 1. The quantitative estimate of drug-likeness (QED) is 0.130. The lowest BCUT2D eigenvalue weighted by Crippen LogP contribution is -2.54. The van der Waals surface area contributed by atoms with E-state index in [0.29, 0.717) is 13.1 Å². The molecule has 4 aromatic carbocycles. The van der Waals surface area contributed by atoms with Gasteiger partial charge in [-0.2, -0.15) is 5.26 Å². The Kier molecular flexibility index (Phi) is 12.4. The first-order valence-electron chi connectivity index (χ1n) is 16.4. The second-order valence-corrected chi connectivity index (χ2v) is 13.0. The van der Waals surface area contributed by atoms with E-state index < -0.39 is 36.0 Å². The number of nitrogens with zero attached hydrogens (tertiary/aromatic N) is 2. The zero-order chi connectivity index (χ0) is 33.8. The molecule has 1 saturated heterocycles. The molecule has 1 aliphatic heterocycles. The molecule has 0 bridgehead atoms. The van der Waals surface area contributed by atoms with E-state index in [9.17, 15) is 10.1 Å². The van der Waals surface area contributed by atoms with Crippen molar-refractivity contribution >= 4 is 6.09 Å². The summed E-state index contributed by atoms with van der Waals surface area (Å²) >= 11 is 0. The average Bonchev–Trinajstić information content (AvgIpc) is 3.90. The monoisotopic (exact) mass is 647 g/mol. The Balaban J connectivity index is 1.49. The molecule has 0 radical (unpaired) electrons. The molecule has 5 atom stereocenters. The first-order valence-corrected chi connectivity index (χ1v) is 16.4. The second kappa shape index (κ2) is 17.0. The first-order chi connectivity index (χ1) is 23.3. The molecule has 0 saturated carbocycles. The fourth-order valence-corrected chi connectivity index (χ4v) is 5.51. The van der Waals surface area contributed by atoms with E-state index in [0.717, 1.165) is 22.3 Å². The van der Waals surface area contributed by atoms with Crippen molar-refractivity contribution in [1.82, 2.24) is 10.2 Å². The van der Waals surface area contributed by atoms with Gasteiger partial charge in [-0.1, -0.05) is 121 Å². The number of ether oxygens (including phenoxy) is 4. The molecule has 8 heteroatoms. The van der Waals surface area contributed by atoms with Crippen molar-refractivity contribution in [3.8, 4) is 6.07 Å². The Morgan fingerprint density at radius 3 is 1.62 bits per heavy atom. The predicted molar refractivity (Wildman–Crippen MR) is 184 cm³/mol. The van der Waals surface area contributed by atoms with E-state index in [1.165, 1.54) is 0 Å². The number of hydrogen-bond donors (Lipinski definition) is 1. The molecule has 1 fully saturated rings. The van der Waals surface area contributed by atoms with Crippen molar-refractivity contribution in [3.05, 3.63) is 144 Å². The van der Waals surface area contributed by atoms with Crippen LogP contribution in [0.5, 0.6) is 0 Å². The molecule has 1 aliphatic rings. The first kappa shape index (κ1) is 34.8. The van der Waals surface area contributed by atoms with Gasteiger partial charge >= 0.3 is 6.09 Å². The lowest BCUT2D eigenvalue weighted by Gasteiger charge is -2.36. The van der Waals surface area contributed by atoms with Crippen LogP contribution in [0.1, 0.15) is 43.0 Å². The van der Waals surface area contributed by atoms with Gasteiger partial charge in [0.25, 0.3) is 0 Å². The van der Waals surface area contributed by atoms with Crippen LogP contribution in [0.4, 0.5) is 4.79 Å². The third kappa shape index (κ3) is 10.5. The minimum absolute atomic E-state index is 0.258. The number of carbonyl (C=O) groups excluding carboxylic acids is 1. The van der Waals surface area contributed by atoms with Crippen molar-refractivity contribution in [2.75, 3.05) is 6.54 Å². The number of rotatable bonds is 16. The van der Waals surface area contributed by atoms with Crippen molar-refractivity contribution < 1.29 is 23.7 Å². The Morgan fingerprint density at radius 2 is 1.17 bits per heavy atom.